The van der Waals surface area contributed by atoms with Crippen molar-refractivity contribution in [3.63, 3.8) is 0 Å². The molecule has 0 radical (unpaired) electrons. The summed E-state index contributed by atoms with van der Waals surface area (Å²) >= 11 is 0. The first-order chi connectivity index (χ1) is 16.1. The fourth-order valence-corrected chi connectivity index (χ4v) is 3.69. The van der Waals surface area contributed by atoms with Crippen LogP contribution in [0.4, 0.5) is 5.82 Å². The van der Waals surface area contributed by atoms with Gasteiger partial charge in [0.15, 0.2) is 0 Å². The van der Waals surface area contributed by atoms with Crippen LogP contribution in [0.2, 0.25) is 0 Å². The highest BCUT2D eigenvalue weighted by Gasteiger charge is 2.22. The Morgan fingerprint density at radius 1 is 1.03 bits per heavy atom. The number of amides is 1. The van der Waals surface area contributed by atoms with Crippen LogP contribution >= 0.6 is 0 Å². The van der Waals surface area contributed by atoms with E-state index in [2.05, 4.69) is 20.1 Å². The van der Waals surface area contributed by atoms with Crippen LogP contribution in [0.25, 0.3) is 11.5 Å². The number of anilines is 1. The predicted molar refractivity (Wildman–Crippen MR) is 122 cm³/mol. The first kappa shape index (κ1) is 22.4. The molecule has 4 rings (SSSR count). The second-order valence-electron chi connectivity index (χ2n) is 7.71. The van der Waals surface area contributed by atoms with Crippen molar-refractivity contribution in [2.24, 2.45) is 0 Å². The largest absolute Gasteiger partial charge is 0.462 e. The van der Waals surface area contributed by atoms with Crippen molar-refractivity contribution in [1.29, 1.82) is 0 Å². The number of aromatic nitrogens is 3. The van der Waals surface area contributed by atoms with Crippen molar-refractivity contribution in [3.05, 3.63) is 60.1 Å². The molecule has 0 unspecified atom stereocenters. The fourth-order valence-electron chi connectivity index (χ4n) is 3.69. The molecule has 0 N–H and O–H groups in total. The Morgan fingerprint density at radius 3 is 2.52 bits per heavy atom. The van der Waals surface area contributed by atoms with E-state index in [4.69, 9.17) is 9.15 Å². The van der Waals surface area contributed by atoms with Gasteiger partial charge in [0.1, 0.15) is 5.82 Å². The van der Waals surface area contributed by atoms with E-state index in [1.54, 1.807) is 13.0 Å². The number of ether oxygens (including phenoxy) is 1. The van der Waals surface area contributed by atoms with E-state index < -0.39 is 0 Å². The molecule has 3 aromatic rings. The minimum absolute atomic E-state index is 0.128. The second kappa shape index (κ2) is 10.7. The van der Waals surface area contributed by atoms with Crippen molar-refractivity contribution in [1.82, 2.24) is 20.1 Å². The van der Waals surface area contributed by atoms with Gasteiger partial charge in [-0.2, -0.15) is 0 Å². The molecule has 1 amide bonds. The predicted octanol–water partition coefficient (Wildman–Crippen LogP) is 2.98. The Kier molecular flexibility index (Phi) is 7.29. The van der Waals surface area contributed by atoms with Crippen molar-refractivity contribution in [2.45, 2.75) is 26.2 Å². The number of rotatable bonds is 8. The molecule has 2 aromatic heterocycles. The number of esters is 1. The Morgan fingerprint density at radius 2 is 1.82 bits per heavy atom. The van der Waals surface area contributed by atoms with Crippen LogP contribution in [0.15, 0.2) is 53.1 Å². The molecule has 0 atom stereocenters. The minimum atomic E-state index is -0.371. The van der Waals surface area contributed by atoms with Gasteiger partial charge in [-0.15, -0.1) is 10.2 Å². The van der Waals surface area contributed by atoms with E-state index in [1.807, 2.05) is 41.3 Å². The van der Waals surface area contributed by atoms with Gasteiger partial charge >= 0.3 is 5.97 Å². The zero-order chi connectivity index (χ0) is 23.0. The van der Waals surface area contributed by atoms with Gasteiger partial charge in [-0.05, 0) is 37.6 Å². The zero-order valence-corrected chi connectivity index (χ0v) is 18.6. The van der Waals surface area contributed by atoms with Crippen LogP contribution in [0, 0.1) is 0 Å². The lowest BCUT2D eigenvalue weighted by atomic mass is 10.2. The SMILES string of the molecule is CCOC(=O)c1ccc(N2CCN(C(=O)CCCc3nnc(-c4ccccc4)o3)CC2)nc1. The Labute approximate surface area is 192 Å². The summed E-state index contributed by atoms with van der Waals surface area (Å²) in [5.74, 6) is 1.59. The summed E-state index contributed by atoms with van der Waals surface area (Å²) < 4.78 is 10.7. The first-order valence-corrected chi connectivity index (χ1v) is 11.2. The molecular formula is C24H27N5O4. The standard InChI is InChI=1S/C24H27N5O4/c1-2-32-24(31)19-11-12-20(25-17-19)28-13-15-29(16-14-28)22(30)10-6-9-21-26-27-23(33-21)18-7-4-3-5-8-18/h3-5,7-8,11-12,17H,2,6,9-10,13-16H2,1H3. The molecule has 1 aliphatic heterocycles. The Hall–Kier alpha value is -3.75. The third kappa shape index (κ3) is 5.74. The van der Waals surface area contributed by atoms with Crippen molar-refractivity contribution in [2.75, 3.05) is 37.7 Å². The van der Waals surface area contributed by atoms with E-state index >= 15 is 0 Å². The monoisotopic (exact) mass is 449 g/mol. The van der Waals surface area contributed by atoms with Crippen LogP contribution in [-0.4, -0.2) is 64.7 Å². The molecule has 1 aliphatic rings. The fraction of sp³-hybridized carbons (Fsp3) is 0.375. The number of hydrogen-bond acceptors (Lipinski definition) is 8. The second-order valence-corrected chi connectivity index (χ2v) is 7.71. The summed E-state index contributed by atoms with van der Waals surface area (Å²) in [5, 5.41) is 8.17. The third-order valence-corrected chi connectivity index (χ3v) is 5.48. The van der Waals surface area contributed by atoms with Gasteiger partial charge in [0.25, 0.3) is 0 Å². The van der Waals surface area contributed by atoms with Crippen LogP contribution in [0.3, 0.4) is 0 Å². The van der Waals surface area contributed by atoms with E-state index in [1.165, 1.54) is 6.20 Å². The van der Waals surface area contributed by atoms with Gasteiger partial charge in [-0.25, -0.2) is 9.78 Å². The smallest absolute Gasteiger partial charge is 0.339 e. The van der Waals surface area contributed by atoms with Crippen LogP contribution in [0.1, 0.15) is 36.0 Å². The van der Waals surface area contributed by atoms with Crippen LogP contribution in [0.5, 0.6) is 0 Å². The summed E-state index contributed by atoms with van der Waals surface area (Å²) in [6.07, 6.45) is 3.20. The average Bonchev–Trinajstić information content (AvgIpc) is 3.34. The van der Waals surface area contributed by atoms with E-state index in [0.29, 0.717) is 69.4 Å². The maximum absolute atomic E-state index is 12.6. The number of aryl methyl sites for hydroxylation is 1. The van der Waals surface area contributed by atoms with Gasteiger partial charge in [0, 0.05) is 50.8 Å². The third-order valence-electron chi connectivity index (χ3n) is 5.48. The van der Waals surface area contributed by atoms with E-state index in [9.17, 15) is 9.59 Å². The van der Waals surface area contributed by atoms with Gasteiger partial charge in [-0.3, -0.25) is 4.79 Å². The zero-order valence-electron chi connectivity index (χ0n) is 18.6. The number of piperazine rings is 1. The lowest BCUT2D eigenvalue weighted by Crippen LogP contribution is -2.49. The normalized spacial score (nSPS) is 13.7. The summed E-state index contributed by atoms with van der Waals surface area (Å²) in [6.45, 7) is 4.77. The highest BCUT2D eigenvalue weighted by atomic mass is 16.5. The number of pyridine rings is 1. The highest BCUT2D eigenvalue weighted by Crippen LogP contribution is 2.19. The Balaban J connectivity index is 1.20. The molecule has 172 valence electrons. The number of benzene rings is 1. The van der Waals surface area contributed by atoms with Gasteiger partial charge in [-0.1, -0.05) is 18.2 Å². The first-order valence-electron chi connectivity index (χ1n) is 11.2. The van der Waals surface area contributed by atoms with E-state index in [-0.39, 0.29) is 11.9 Å². The molecular weight excluding hydrogens is 422 g/mol. The van der Waals surface area contributed by atoms with Gasteiger partial charge in [0.2, 0.25) is 17.7 Å². The molecule has 0 aliphatic carbocycles. The maximum atomic E-state index is 12.6. The van der Waals surface area contributed by atoms with Crippen molar-refractivity contribution in [3.8, 4) is 11.5 Å². The molecule has 9 heteroatoms. The summed E-state index contributed by atoms with van der Waals surface area (Å²) in [4.78, 5) is 32.7. The summed E-state index contributed by atoms with van der Waals surface area (Å²) in [6, 6.07) is 13.2. The molecule has 1 fully saturated rings. The van der Waals surface area contributed by atoms with Crippen molar-refractivity contribution < 1.29 is 18.7 Å². The Bertz CT molecular complexity index is 1060. The van der Waals surface area contributed by atoms with Crippen LogP contribution in [-0.2, 0) is 16.0 Å². The average molecular weight is 450 g/mol. The number of carbonyl (C=O) groups excluding carboxylic acids is 2. The molecule has 1 aromatic carbocycles. The minimum Gasteiger partial charge on any atom is -0.462 e. The quantitative estimate of drug-likeness (QED) is 0.484. The number of hydrogen-bond donors (Lipinski definition) is 0. The molecule has 0 spiro atoms. The highest BCUT2D eigenvalue weighted by molar-refractivity contribution is 5.89. The summed E-state index contributed by atoms with van der Waals surface area (Å²) in [7, 11) is 0. The number of nitrogens with zero attached hydrogens (tertiary/aromatic N) is 5. The van der Waals surface area contributed by atoms with Gasteiger partial charge in [0.05, 0.1) is 12.2 Å². The topological polar surface area (TPSA) is 102 Å². The molecule has 0 saturated carbocycles. The molecule has 1 saturated heterocycles. The number of carbonyl (C=O) groups is 2. The summed E-state index contributed by atoms with van der Waals surface area (Å²) in [5.41, 5.74) is 1.32. The molecule has 33 heavy (non-hydrogen) atoms. The molecule has 9 nitrogen and oxygen atoms in total. The lowest BCUT2D eigenvalue weighted by Gasteiger charge is -2.35. The van der Waals surface area contributed by atoms with E-state index in [0.717, 1.165) is 11.4 Å². The van der Waals surface area contributed by atoms with Gasteiger partial charge < -0.3 is 19.0 Å². The maximum Gasteiger partial charge on any atom is 0.339 e. The molecule has 3 heterocycles. The van der Waals surface area contributed by atoms with Crippen molar-refractivity contribution >= 4 is 17.7 Å². The lowest BCUT2D eigenvalue weighted by molar-refractivity contribution is -0.131. The van der Waals surface area contributed by atoms with Crippen LogP contribution < -0.4 is 4.90 Å². The molecule has 0 bridgehead atoms.